The zero-order valence-electron chi connectivity index (χ0n) is 15.6. The number of para-hydroxylation sites is 1. The molecule has 0 radical (unpaired) electrons. The van der Waals surface area contributed by atoms with Gasteiger partial charge in [0, 0.05) is 6.54 Å². The SMILES string of the molecule is CN(CCCC(C#N)(c1ccccc1)C1CC1)CCOc1ccccc1. The van der Waals surface area contributed by atoms with Crippen molar-refractivity contribution in [2.75, 3.05) is 26.7 Å². The smallest absolute Gasteiger partial charge is 0.119 e. The van der Waals surface area contributed by atoms with Crippen molar-refractivity contribution in [1.29, 1.82) is 5.26 Å². The van der Waals surface area contributed by atoms with E-state index in [4.69, 9.17) is 4.74 Å². The number of rotatable bonds is 10. The summed E-state index contributed by atoms with van der Waals surface area (Å²) in [5.74, 6) is 1.45. The number of benzene rings is 2. The van der Waals surface area contributed by atoms with Crippen LogP contribution in [0.25, 0.3) is 0 Å². The first-order chi connectivity index (χ1) is 12.7. The third kappa shape index (κ3) is 4.65. The quantitative estimate of drug-likeness (QED) is 0.627. The molecule has 2 aromatic carbocycles. The molecule has 0 N–H and O–H groups in total. The normalized spacial score (nSPS) is 16.0. The summed E-state index contributed by atoms with van der Waals surface area (Å²) in [5, 5.41) is 9.99. The van der Waals surface area contributed by atoms with Crippen molar-refractivity contribution in [2.45, 2.75) is 31.1 Å². The molecule has 1 aliphatic rings. The van der Waals surface area contributed by atoms with Crippen LogP contribution < -0.4 is 4.74 Å². The molecule has 1 saturated carbocycles. The Labute approximate surface area is 157 Å². The van der Waals surface area contributed by atoms with Gasteiger partial charge in [-0.05, 0) is 62.9 Å². The maximum Gasteiger partial charge on any atom is 0.119 e. The minimum atomic E-state index is -0.303. The molecule has 0 heterocycles. The summed E-state index contributed by atoms with van der Waals surface area (Å²) >= 11 is 0. The first kappa shape index (κ1) is 18.5. The van der Waals surface area contributed by atoms with E-state index in [-0.39, 0.29) is 5.41 Å². The standard InChI is InChI=1S/C23H28N2O/c1-25(17-18-26-22-11-6-3-7-12-22)16-8-15-23(19-24,21-13-14-21)20-9-4-2-5-10-20/h2-7,9-12,21H,8,13-18H2,1H3. The Kier molecular flexibility index (Phi) is 6.30. The summed E-state index contributed by atoms with van der Waals surface area (Å²) in [4.78, 5) is 2.29. The molecule has 0 saturated heterocycles. The summed E-state index contributed by atoms with van der Waals surface area (Å²) in [7, 11) is 2.13. The van der Waals surface area contributed by atoms with Crippen LogP contribution in [0.4, 0.5) is 0 Å². The van der Waals surface area contributed by atoms with Crippen LogP contribution in [0.5, 0.6) is 5.75 Å². The molecule has 136 valence electrons. The van der Waals surface area contributed by atoms with Crippen LogP contribution >= 0.6 is 0 Å². The summed E-state index contributed by atoms with van der Waals surface area (Å²) in [6.07, 6.45) is 4.33. The lowest BCUT2D eigenvalue weighted by Crippen LogP contribution is -2.30. The van der Waals surface area contributed by atoms with Gasteiger partial charge in [-0.2, -0.15) is 5.26 Å². The molecule has 3 rings (SSSR count). The van der Waals surface area contributed by atoms with Gasteiger partial charge < -0.3 is 9.64 Å². The van der Waals surface area contributed by atoms with Crippen molar-refractivity contribution in [3.05, 3.63) is 66.2 Å². The van der Waals surface area contributed by atoms with Gasteiger partial charge in [-0.15, -0.1) is 0 Å². The Bertz CT molecular complexity index is 706. The van der Waals surface area contributed by atoms with E-state index in [0.717, 1.165) is 31.7 Å². The van der Waals surface area contributed by atoms with E-state index in [1.165, 1.54) is 18.4 Å². The fraction of sp³-hybridized carbons (Fsp3) is 0.435. The van der Waals surface area contributed by atoms with Crippen molar-refractivity contribution in [1.82, 2.24) is 4.90 Å². The first-order valence-electron chi connectivity index (χ1n) is 9.58. The van der Waals surface area contributed by atoms with Crippen molar-refractivity contribution in [3.63, 3.8) is 0 Å². The van der Waals surface area contributed by atoms with Crippen LogP contribution in [0.3, 0.4) is 0 Å². The summed E-state index contributed by atoms with van der Waals surface area (Å²) < 4.78 is 5.77. The van der Waals surface area contributed by atoms with E-state index in [1.807, 2.05) is 36.4 Å². The number of likely N-dealkylation sites (N-methyl/N-ethyl adjacent to an activating group) is 1. The van der Waals surface area contributed by atoms with Gasteiger partial charge in [-0.1, -0.05) is 48.5 Å². The largest absolute Gasteiger partial charge is 0.492 e. The first-order valence-corrected chi connectivity index (χ1v) is 9.58. The highest BCUT2D eigenvalue weighted by Crippen LogP contribution is 2.49. The fourth-order valence-corrected chi connectivity index (χ4v) is 3.68. The highest BCUT2D eigenvalue weighted by molar-refractivity contribution is 5.35. The second-order valence-corrected chi connectivity index (χ2v) is 7.29. The third-order valence-electron chi connectivity index (χ3n) is 5.36. The Morgan fingerprint density at radius 2 is 1.69 bits per heavy atom. The second-order valence-electron chi connectivity index (χ2n) is 7.29. The molecule has 1 fully saturated rings. The highest BCUT2D eigenvalue weighted by atomic mass is 16.5. The van der Waals surface area contributed by atoms with Gasteiger partial charge in [-0.25, -0.2) is 0 Å². The second kappa shape index (κ2) is 8.87. The zero-order valence-corrected chi connectivity index (χ0v) is 15.6. The van der Waals surface area contributed by atoms with Crippen LogP contribution in [0, 0.1) is 17.2 Å². The lowest BCUT2D eigenvalue weighted by molar-refractivity contribution is 0.230. The van der Waals surface area contributed by atoms with E-state index in [9.17, 15) is 5.26 Å². The lowest BCUT2D eigenvalue weighted by Gasteiger charge is -2.28. The molecular weight excluding hydrogens is 320 g/mol. The third-order valence-corrected chi connectivity index (χ3v) is 5.36. The molecular formula is C23H28N2O. The van der Waals surface area contributed by atoms with Crippen molar-refractivity contribution >= 4 is 0 Å². The molecule has 0 amide bonds. The van der Waals surface area contributed by atoms with Gasteiger partial charge in [0.25, 0.3) is 0 Å². The predicted octanol–water partition coefficient (Wildman–Crippen LogP) is 4.65. The number of hydrogen-bond acceptors (Lipinski definition) is 3. The zero-order chi connectivity index (χ0) is 18.2. The van der Waals surface area contributed by atoms with Gasteiger partial charge in [-0.3, -0.25) is 0 Å². The Balaban J connectivity index is 1.47. The molecule has 2 aromatic rings. The van der Waals surface area contributed by atoms with Crippen LogP contribution in [-0.2, 0) is 5.41 Å². The molecule has 3 heteroatoms. The molecule has 0 bridgehead atoms. The molecule has 3 nitrogen and oxygen atoms in total. The summed E-state index contributed by atoms with van der Waals surface area (Å²) in [5.41, 5.74) is 0.892. The maximum atomic E-state index is 9.99. The van der Waals surface area contributed by atoms with E-state index in [2.05, 4.69) is 42.3 Å². The number of nitrogens with zero attached hydrogens (tertiary/aromatic N) is 2. The Morgan fingerprint density at radius 1 is 1.04 bits per heavy atom. The van der Waals surface area contributed by atoms with Crippen molar-refractivity contribution < 1.29 is 4.74 Å². The van der Waals surface area contributed by atoms with Crippen molar-refractivity contribution in [3.8, 4) is 11.8 Å². The number of hydrogen-bond donors (Lipinski definition) is 0. The molecule has 1 atom stereocenters. The monoisotopic (exact) mass is 348 g/mol. The van der Waals surface area contributed by atoms with Gasteiger partial charge in [0.1, 0.15) is 12.4 Å². The average Bonchev–Trinajstić information content (AvgIpc) is 3.53. The summed E-state index contributed by atoms with van der Waals surface area (Å²) in [6.45, 7) is 2.57. The van der Waals surface area contributed by atoms with Crippen LogP contribution in [-0.4, -0.2) is 31.6 Å². The van der Waals surface area contributed by atoms with E-state index < -0.39 is 0 Å². The maximum absolute atomic E-state index is 9.99. The van der Waals surface area contributed by atoms with Crippen LogP contribution in [0.15, 0.2) is 60.7 Å². The van der Waals surface area contributed by atoms with Crippen molar-refractivity contribution in [2.24, 2.45) is 5.92 Å². The highest BCUT2D eigenvalue weighted by Gasteiger charge is 2.46. The fourth-order valence-electron chi connectivity index (χ4n) is 3.68. The van der Waals surface area contributed by atoms with Gasteiger partial charge >= 0.3 is 0 Å². The molecule has 1 unspecified atom stereocenters. The number of ether oxygens (including phenoxy) is 1. The number of nitriles is 1. The summed E-state index contributed by atoms with van der Waals surface area (Å²) in [6, 6.07) is 23.0. The minimum Gasteiger partial charge on any atom is -0.492 e. The average molecular weight is 348 g/mol. The van der Waals surface area contributed by atoms with Crippen LogP contribution in [0.1, 0.15) is 31.2 Å². The van der Waals surface area contributed by atoms with E-state index in [1.54, 1.807) is 0 Å². The molecule has 0 spiro atoms. The van der Waals surface area contributed by atoms with Crippen LogP contribution in [0.2, 0.25) is 0 Å². The molecule has 0 aromatic heterocycles. The van der Waals surface area contributed by atoms with E-state index in [0.29, 0.717) is 12.5 Å². The molecule has 0 aliphatic heterocycles. The Morgan fingerprint density at radius 3 is 2.31 bits per heavy atom. The predicted molar refractivity (Wildman–Crippen MR) is 105 cm³/mol. The molecule has 1 aliphatic carbocycles. The van der Waals surface area contributed by atoms with E-state index >= 15 is 0 Å². The van der Waals surface area contributed by atoms with Gasteiger partial charge in [0.15, 0.2) is 0 Å². The minimum absolute atomic E-state index is 0.303. The molecule has 26 heavy (non-hydrogen) atoms. The Hall–Kier alpha value is -2.31. The van der Waals surface area contributed by atoms with Gasteiger partial charge in [0.05, 0.1) is 11.5 Å². The topological polar surface area (TPSA) is 36.3 Å². The van der Waals surface area contributed by atoms with Gasteiger partial charge in [0.2, 0.25) is 0 Å². The lowest BCUT2D eigenvalue weighted by atomic mass is 9.74.